The largest absolute Gasteiger partial charge is 0.496 e. The molecule has 0 fully saturated rings. The number of fused-ring (bicyclic) bond motifs is 1. The summed E-state index contributed by atoms with van der Waals surface area (Å²) in [5.41, 5.74) is 1.65. The fraction of sp³-hybridized carbons (Fsp3) is 0.0800. The Kier molecular flexibility index (Phi) is 6.53. The van der Waals surface area contributed by atoms with Gasteiger partial charge < -0.3 is 15.2 Å². The van der Waals surface area contributed by atoms with Gasteiger partial charge in [0.1, 0.15) is 10.6 Å². The molecule has 0 aliphatic heterocycles. The summed E-state index contributed by atoms with van der Waals surface area (Å²) in [5.74, 6) is 5.19. The number of methoxy groups -OCH3 is 1. The molecule has 0 aliphatic carbocycles. The predicted molar refractivity (Wildman–Crippen MR) is 132 cm³/mol. The van der Waals surface area contributed by atoms with E-state index in [1.54, 1.807) is 55.6 Å². The summed E-state index contributed by atoms with van der Waals surface area (Å²) in [6.45, 7) is 0. The number of anilines is 2. The Balaban J connectivity index is 1.71. The zero-order valence-corrected chi connectivity index (χ0v) is 19.6. The fourth-order valence-corrected chi connectivity index (χ4v) is 4.67. The molecule has 0 saturated carbocycles. The van der Waals surface area contributed by atoms with Crippen LogP contribution in [0.4, 0.5) is 11.4 Å². The van der Waals surface area contributed by atoms with E-state index >= 15 is 0 Å². The number of nitrogens with one attached hydrogen (secondary N) is 2. The second kappa shape index (κ2) is 9.70. The van der Waals surface area contributed by atoms with Crippen molar-refractivity contribution in [2.45, 2.75) is 4.90 Å². The summed E-state index contributed by atoms with van der Waals surface area (Å²) in [7, 11) is -0.927. The summed E-state index contributed by atoms with van der Waals surface area (Å²) in [4.78, 5) is 19.5. The normalized spacial score (nSPS) is 10.8. The van der Waals surface area contributed by atoms with Crippen LogP contribution in [-0.2, 0) is 10.0 Å². The van der Waals surface area contributed by atoms with Gasteiger partial charge in [0.15, 0.2) is 5.69 Å². The second-order valence-corrected chi connectivity index (χ2v) is 8.89. The smallest absolute Gasteiger partial charge is 0.356 e. The van der Waals surface area contributed by atoms with Gasteiger partial charge in [0, 0.05) is 36.0 Å². The minimum absolute atomic E-state index is 0.00350. The Hall–Kier alpha value is -4.62. The monoisotopic (exact) mass is 488 g/mol. The number of pyridine rings is 2. The number of para-hydroxylation sites is 1. The van der Waals surface area contributed by atoms with E-state index in [1.165, 1.54) is 25.6 Å². The molecule has 35 heavy (non-hydrogen) atoms. The Morgan fingerprint density at radius 3 is 2.57 bits per heavy atom. The van der Waals surface area contributed by atoms with Crippen molar-refractivity contribution in [3.8, 4) is 17.6 Å². The Bertz CT molecular complexity index is 1610. The maximum Gasteiger partial charge on any atom is 0.356 e. The van der Waals surface area contributed by atoms with Crippen molar-refractivity contribution in [2.24, 2.45) is 0 Å². The highest BCUT2D eigenvalue weighted by Crippen LogP contribution is 2.30. The van der Waals surface area contributed by atoms with E-state index < -0.39 is 16.0 Å². The van der Waals surface area contributed by atoms with Crippen LogP contribution in [-0.4, -0.2) is 43.6 Å². The van der Waals surface area contributed by atoms with Crippen LogP contribution in [0.25, 0.3) is 10.9 Å². The molecule has 0 bridgehead atoms. The first kappa shape index (κ1) is 23.5. The molecule has 0 atom stereocenters. The van der Waals surface area contributed by atoms with Gasteiger partial charge in [0.25, 0.3) is 10.0 Å². The number of hydrogen-bond acceptors (Lipinski definition) is 7. The number of ether oxygens (including phenoxy) is 1. The number of sulfonamides is 1. The van der Waals surface area contributed by atoms with Gasteiger partial charge in [-0.25, -0.2) is 18.2 Å². The van der Waals surface area contributed by atoms with E-state index in [2.05, 4.69) is 31.8 Å². The van der Waals surface area contributed by atoms with Crippen molar-refractivity contribution in [1.29, 1.82) is 0 Å². The molecule has 176 valence electrons. The molecule has 2 heterocycles. The molecular weight excluding hydrogens is 468 g/mol. The lowest BCUT2D eigenvalue weighted by Crippen LogP contribution is -2.14. The molecule has 3 N–H and O–H groups in total. The average Bonchev–Trinajstić information content (AvgIpc) is 2.86. The SMILES string of the molecule is CNc1cc(C#Cc2ccccc2NS(=O)(=O)c2ccc(OC)c3cccnc23)cnc1C(=O)O. The van der Waals surface area contributed by atoms with Crippen LogP contribution in [0.1, 0.15) is 21.6 Å². The molecule has 0 spiro atoms. The van der Waals surface area contributed by atoms with Crippen LogP contribution in [0.3, 0.4) is 0 Å². The third kappa shape index (κ3) is 4.85. The number of aromatic nitrogens is 2. The van der Waals surface area contributed by atoms with Gasteiger partial charge in [0.05, 0.1) is 24.0 Å². The number of aromatic carboxylic acids is 1. The molecule has 10 heteroatoms. The topological polar surface area (TPSA) is 131 Å². The lowest BCUT2D eigenvalue weighted by atomic mass is 10.1. The van der Waals surface area contributed by atoms with Crippen molar-refractivity contribution >= 4 is 38.3 Å². The van der Waals surface area contributed by atoms with Crippen molar-refractivity contribution in [1.82, 2.24) is 9.97 Å². The number of nitrogens with zero attached hydrogens (tertiary/aromatic N) is 2. The first-order valence-corrected chi connectivity index (χ1v) is 11.8. The molecule has 0 saturated heterocycles. The van der Waals surface area contributed by atoms with Crippen LogP contribution in [0.5, 0.6) is 5.75 Å². The van der Waals surface area contributed by atoms with Crippen molar-refractivity contribution in [2.75, 3.05) is 24.2 Å². The Morgan fingerprint density at radius 1 is 1.03 bits per heavy atom. The number of carboxylic acid groups (broad SMARTS) is 1. The number of hydrogen-bond donors (Lipinski definition) is 3. The standard InChI is InChI=1S/C25H20N4O5S/c1-26-20-14-16(15-28-24(20)25(30)31)9-10-17-6-3-4-8-19(17)29-35(32,33)22-12-11-21(34-2)18-7-5-13-27-23(18)22/h3-8,11-15,26,29H,1-2H3,(H,30,31). The van der Waals surface area contributed by atoms with Gasteiger partial charge in [-0.2, -0.15) is 0 Å². The summed E-state index contributed by atoms with van der Waals surface area (Å²) in [6.07, 6.45) is 2.86. The molecule has 0 radical (unpaired) electrons. The van der Waals surface area contributed by atoms with E-state index in [0.717, 1.165) is 0 Å². The van der Waals surface area contributed by atoms with Crippen LogP contribution in [0.15, 0.2) is 71.9 Å². The summed E-state index contributed by atoms with van der Waals surface area (Å²) >= 11 is 0. The highest BCUT2D eigenvalue weighted by atomic mass is 32.2. The molecular formula is C25H20N4O5S. The van der Waals surface area contributed by atoms with Crippen LogP contribution >= 0.6 is 0 Å². The predicted octanol–water partition coefficient (Wildman–Crippen LogP) is 3.58. The number of carbonyl (C=O) groups is 1. The molecule has 4 rings (SSSR count). The molecule has 0 aliphatic rings. The van der Waals surface area contributed by atoms with Gasteiger partial charge in [-0.3, -0.25) is 9.71 Å². The third-order valence-corrected chi connectivity index (χ3v) is 6.47. The minimum Gasteiger partial charge on any atom is -0.496 e. The third-order valence-electron chi connectivity index (χ3n) is 5.07. The first-order chi connectivity index (χ1) is 16.8. The summed E-state index contributed by atoms with van der Waals surface area (Å²) in [5, 5.41) is 12.6. The molecule has 9 nitrogen and oxygen atoms in total. The molecule has 2 aromatic heterocycles. The van der Waals surface area contributed by atoms with Gasteiger partial charge in [-0.15, -0.1) is 0 Å². The van der Waals surface area contributed by atoms with Crippen molar-refractivity contribution < 1.29 is 23.1 Å². The van der Waals surface area contributed by atoms with Gasteiger partial charge >= 0.3 is 5.97 Å². The fourth-order valence-electron chi connectivity index (χ4n) is 3.43. The first-order valence-electron chi connectivity index (χ1n) is 10.3. The minimum atomic E-state index is -4.02. The highest BCUT2D eigenvalue weighted by Gasteiger charge is 2.21. The van der Waals surface area contributed by atoms with Crippen molar-refractivity contribution in [3.63, 3.8) is 0 Å². The molecule has 0 amide bonds. The molecule has 2 aromatic carbocycles. The van der Waals surface area contributed by atoms with Crippen LogP contribution in [0, 0.1) is 11.8 Å². The lowest BCUT2D eigenvalue weighted by Gasteiger charge is -2.13. The van der Waals surface area contributed by atoms with Gasteiger partial charge in [-0.05, 0) is 42.5 Å². The number of carboxylic acids is 1. The average molecular weight is 489 g/mol. The van der Waals surface area contributed by atoms with E-state index in [0.29, 0.717) is 28.0 Å². The highest BCUT2D eigenvalue weighted by molar-refractivity contribution is 7.93. The molecule has 0 unspecified atom stereocenters. The lowest BCUT2D eigenvalue weighted by molar-refractivity contribution is 0.0691. The van der Waals surface area contributed by atoms with Crippen molar-refractivity contribution in [3.05, 3.63) is 83.8 Å². The maximum absolute atomic E-state index is 13.3. The van der Waals surface area contributed by atoms with Crippen LogP contribution in [0.2, 0.25) is 0 Å². The van der Waals surface area contributed by atoms with Gasteiger partial charge in [0.2, 0.25) is 0 Å². The van der Waals surface area contributed by atoms with Gasteiger partial charge in [-0.1, -0.05) is 24.0 Å². The number of benzene rings is 2. The van der Waals surface area contributed by atoms with E-state index in [-0.39, 0.29) is 21.8 Å². The summed E-state index contributed by atoms with van der Waals surface area (Å²) in [6, 6.07) is 14.7. The summed E-state index contributed by atoms with van der Waals surface area (Å²) < 4.78 is 34.6. The Labute approximate surface area is 201 Å². The van der Waals surface area contributed by atoms with E-state index in [9.17, 15) is 18.3 Å². The number of rotatable bonds is 6. The molecule has 4 aromatic rings. The van der Waals surface area contributed by atoms with Crippen LogP contribution < -0.4 is 14.8 Å². The quantitative estimate of drug-likeness (QED) is 0.351. The Morgan fingerprint density at radius 2 is 1.83 bits per heavy atom. The maximum atomic E-state index is 13.3. The second-order valence-electron chi connectivity index (χ2n) is 7.24. The van der Waals surface area contributed by atoms with E-state index in [1.807, 2.05) is 0 Å². The van der Waals surface area contributed by atoms with E-state index in [4.69, 9.17) is 4.74 Å². The zero-order chi connectivity index (χ0) is 25.0. The zero-order valence-electron chi connectivity index (χ0n) is 18.7.